The molecule has 0 fully saturated rings. The monoisotopic (exact) mass is 186 g/mol. The fraction of sp³-hybridized carbons (Fsp3) is 0.778. The van der Waals surface area contributed by atoms with Gasteiger partial charge in [-0.15, -0.1) is 0 Å². The molecule has 76 valence electrons. The van der Waals surface area contributed by atoms with E-state index < -0.39 is 0 Å². The van der Waals surface area contributed by atoms with Crippen LogP contribution < -0.4 is 5.32 Å². The van der Waals surface area contributed by atoms with E-state index in [1.807, 2.05) is 6.92 Å². The van der Waals surface area contributed by atoms with E-state index in [1.54, 1.807) is 18.9 Å². The van der Waals surface area contributed by atoms with E-state index in [1.165, 1.54) is 6.92 Å². The van der Waals surface area contributed by atoms with Crippen LogP contribution >= 0.6 is 0 Å². The minimum atomic E-state index is -0.192. The van der Waals surface area contributed by atoms with Gasteiger partial charge in [0.05, 0.1) is 12.6 Å². The van der Waals surface area contributed by atoms with Gasteiger partial charge in [-0.25, -0.2) is 0 Å². The highest BCUT2D eigenvalue weighted by Gasteiger charge is 2.15. The molecule has 0 aliphatic rings. The van der Waals surface area contributed by atoms with Gasteiger partial charge in [-0.05, 0) is 27.8 Å². The molecule has 0 spiro atoms. The summed E-state index contributed by atoms with van der Waals surface area (Å²) in [7, 11) is 1.77. The third kappa shape index (κ3) is 4.62. The number of carbonyl (C=O) groups is 2. The molecule has 1 unspecified atom stereocenters. The van der Waals surface area contributed by atoms with Crippen LogP contribution in [0.2, 0.25) is 0 Å². The molecule has 0 saturated heterocycles. The van der Waals surface area contributed by atoms with Gasteiger partial charge < -0.3 is 5.32 Å². The summed E-state index contributed by atoms with van der Waals surface area (Å²) in [4.78, 5) is 23.8. The van der Waals surface area contributed by atoms with Gasteiger partial charge in [0.25, 0.3) is 0 Å². The maximum atomic E-state index is 11.1. The molecule has 0 radical (unpaired) electrons. The fourth-order valence-electron chi connectivity index (χ4n) is 0.927. The van der Waals surface area contributed by atoms with Gasteiger partial charge in [-0.2, -0.15) is 0 Å². The van der Waals surface area contributed by atoms with Gasteiger partial charge in [0.15, 0.2) is 0 Å². The molecule has 0 aromatic rings. The second-order valence-corrected chi connectivity index (χ2v) is 3.16. The van der Waals surface area contributed by atoms with E-state index in [9.17, 15) is 9.59 Å². The van der Waals surface area contributed by atoms with Crippen LogP contribution in [-0.2, 0) is 9.59 Å². The number of Topliss-reactive ketones (excluding diaryl/α,β-unsaturated/α-hetero) is 1. The molecule has 1 atom stereocenters. The Balaban J connectivity index is 3.92. The van der Waals surface area contributed by atoms with Crippen molar-refractivity contribution in [1.29, 1.82) is 0 Å². The van der Waals surface area contributed by atoms with Crippen molar-refractivity contribution in [3.63, 3.8) is 0 Å². The summed E-state index contributed by atoms with van der Waals surface area (Å²) in [5.74, 6) is 0.0323. The van der Waals surface area contributed by atoms with Crippen molar-refractivity contribution in [3.8, 4) is 0 Å². The molecule has 0 saturated carbocycles. The second-order valence-electron chi connectivity index (χ2n) is 3.16. The Labute approximate surface area is 79.3 Å². The summed E-state index contributed by atoms with van der Waals surface area (Å²) >= 11 is 0. The predicted octanol–water partition coefficient (Wildman–Crippen LogP) is 0.0318. The first-order chi connectivity index (χ1) is 5.99. The number of amides is 1. The standard InChI is InChI=1S/C9H18N2O2/c1-5-10-9(13)6-11(4)7(2)8(3)12/h7H,5-6H2,1-4H3,(H,10,13). The number of carbonyl (C=O) groups excluding carboxylic acids is 2. The molecule has 0 aliphatic heterocycles. The van der Waals surface area contributed by atoms with Gasteiger partial charge in [0, 0.05) is 6.54 Å². The minimum absolute atomic E-state index is 0.0434. The molecule has 4 heteroatoms. The number of hydrogen-bond acceptors (Lipinski definition) is 3. The van der Waals surface area contributed by atoms with Gasteiger partial charge in [-0.1, -0.05) is 0 Å². The van der Waals surface area contributed by atoms with Crippen molar-refractivity contribution in [2.45, 2.75) is 26.8 Å². The fourth-order valence-corrected chi connectivity index (χ4v) is 0.927. The lowest BCUT2D eigenvalue weighted by atomic mass is 10.2. The maximum Gasteiger partial charge on any atom is 0.234 e. The van der Waals surface area contributed by atoms with Crippen LogP contribution in [0.4, 0.5) is 0 Å². The summed E-state index contributed by atoms with van der Waals surface area (Å²) in [6.07, 6.45) is 0. The zero-order chi connectivity index (χ0) is 10.4. The minimum Gasteiger partial charge on any atom is -0.355 e. The average Bonchev–Trinajstić information content (AvgIpc) is 2.03. The Morgan fingerprint density at radius 1 is 1.46 bits per heavy atom. The largest absolute Gasteiger partial charge is 0.355 e. The molecule has 0 heterocycles. The van der Waals surface area contributed by atoms with Crippen LogP contribution in [0, 0.1) is 0 Å². The number of likely N-dealkylation sites (N-methyl/N-ethyl adjacent to an activating group) is 2. The average molecular weight is 186 g/mol. The Morgan fingerprint density at radius 2 is 2.00 bits per heavy atom. The van der Waals surface area contributed by atoms with E-state index in [4.69, 9.17) is 0 Å². The molecule has 0 aliphatic carbocycles. The molecule has 0 aromatic carbocycles. The number of nitrogens with zero attached hydrogens (tertiary/aromatic N) is 1. The highest BCUT2D eigenvalue weighted by atomic mass is 16.2. The molecule has 1 amide bonds. The van der Waals surface area contributed by atoms with Crippen molar-refractivity contribution in [2.75, 3.05) is 20.1 Å². The van der Waals surface area contributed by atoms with Crippen LogP contribution in [0.15, 0.2) is 0 Å². The van der Waals surface area contributed by atoms with Crippen LogP contribution in [-0.4, -0.2) is 42.8 Å². The highest BCUT2D eigenvalue weighted by Crippen LogP contribution is 1.95. The first kappa shape index (κ1) is 12.1. The quantitative estimate of drug-likeness (QED) is 0.659. The molecular weight excluding hydrogens is 168 g/mol. The van der Waals surface area contributed by atoms with E-state index in [0.717, 1.165) is 0 Å². The Hall–Kier alpha value is -0.900. The van der Waals surface area contributed by atoms with E-state index in [0.29, 0.717) is 6.54 Å². The van der Waals surface area contributed by atoms with Crippen molar-refractivity contribution in [1.82, 2.24) is 10.2 Å². The summed E-state index contributed by atoms with van der Waals surface area (Å²) in [6.45, 7) is 6.09. The molecule has 0 bridgehead atoms. The Kier molecular flexibility index (Phi) is 5.30. The van der Waals surface area contributed by atoms with Crippen LogP contribution in [0.25, 0.3) is 0 Å². The molecule has 0 rings (SSSR count). The van der Waals surface area contributed by atoms with Crippen molar-refractivity contribution in [3.05, 3.63) is 0 Å². The Bertz CT molecular complexity index is 192. The number of rotatable bonds is 5. The molecule has 4 nitrogen and oxygen atoms in total. The van der Waals surface area contributed by atoms with Crippen molar-refractivity contribution in [2.24, 2.45) is 0 Å². The Morgan fingerprint density at radius 3 is 2.38 bits per heavy atom. The topological polar surface area (TPSA) is 49.4 Å². The van der Waals surface area contributed by atoms with Crippen LogP contribution in [0.5, 0.6) is 0 Å². The van der Waals surface area contributed by atoms with Gasteiger partial charge in [-0.3, -0.25) is 14.5 Å². The summed E-state index contributed by atoms with van der Waals surface area (Å²) in [6, 6.07) is -0.192. The highest BCUT2D eigenvalue weighted by molar-refractivity contribution is 5.83. The van der Waals surface area contributed by atoms with Crippen LogP contribution in [0.1, 0.15) is 20.8 Å². The lowest BCUT2D eigenvalue weighted by Gasteiger charge is -2.21. The third-order valence-corrected chi connectivity index (χ3v) is 2.02. The first-order valence-corrected chi connectivity index (χ1v) is 4.46. The number of ketones is 1. The van der Waals surface area contributed by atoms with Crippen LogP contribution in [0.3, 0.4) is 0 Å². The third-order valence-electron chi connectivity index (χ3n) is 2.02. The zero-order valence-corrected chi connectivity index (χ0v) is 8.76. The maximum absolute atomic E-state index is 11.1. The predicted molar refractivity (Wildman–Crippen MR) is 51.5 cm³/mol. The normalized spacial score (nSPS) is 12.7. The summed E-state index contributed by atoms with van der Waals surface area (Å²) in [5.41, 5.74) is 0. The molecule has 1 N–H and O–H groups in total. The van der Waals surface area contributed by atoms with E-state index >= 15 is 0 Å². The van der Waals surface area contributed by atoms with Gasteiger partial charge in [0.2, 0.25) is 5.91 Å². The van der Waals surface area contributed by atoms with E-state index in [-0.39, 0.29) is 24.3 Å². The lowest BCUT2D eigenvalue weighted by molar-refractivity contribution is -0.125. The molecule has 13 heavy (non-hydrogen) atoms. The first-order valence-electron chi connectivity index (χ1n) is 4.46. The zero-order valence-electron chi connectivity index (χ0n) is 8.76. The molecular formula is C9H18N2O2. The smallest absolute Gasteiger partial charge is 0.234 e. The molecule has 0 aromatic heterocycles. The second kappa shape index (κ2) is 5.70. The number of nitrogens with one attached hydrogen (secondary N) is 1. The van der Waals surface area contributed by atoms with E-state index in [2.05, 4.69) is 5.32 Å². The summed E-state index contributed by atoms with van der Waals surface area (Å²) in [5, 5.41) is 2.68. The number of hydrogen-bond donors (Lipinski definition) is 1. The summed E-state index contributed by atoms with van der Waals surface area (Å²) < 4.78 is 0. The van der Waals surface area contributed by atoms with Crippen molar-refractivity contribution < 1.29 is 9.59 Å². The van der Waals surface area contributed by atoms with Crippen molar-refractivity contribution >= 4 is 11.7 Å². The SMILES string of the molecule is CCNC(=O)CN(C)C(C)C(C)=O. The van der Waals surface area contributed by atoms with Gasteiger partial charge >= 0.3 is 0 Å². The van der Waals surface area contributed by atoms with Gasteiger partial charge in [0.1, 0.15) is 5.78 Å². The lowest BCUT2D eigenvalue weighted by Crippen LogP contribution is -2.42.